The van der Waals surface area contributed by atoms with Crippen molar-refractivity contribution in [3.05, 3.63) is 136 Å². The second kappa shape index (κ2) is 10.00. The lowest BCUT2D eigenvalue weighted by molar-refractivity contribution is 0.0215. The van der Waals surface area contributed by atoms with Crippen LogP contribution in [0.3, 0.4) is 0 Å². The van der Waals surface area contributed by atoms with Crippen LogP contribution < -0.4 is 19.7 Å². The lowest BCUT2D eigenvalue weighted by Crippen LogP contribution is -2.34. The monoisotopic (exact) mass is 624 g/mol. The summed E-state index contributed by atoms with van der Waals surface area (Å²) in [5.74, 6) is -7.97. The molecule has 6 nitrogen and oxygen atoms in total. The van der Waals surface area contributed by atoms with E-state index in [1.165, 1.54) is 11.6 Å². The lowest BCUT2D eigenvalue weighted by atomic mass is 9.77. The van der Waals surface area contributed by atoms with Gasteiger partial charge in [-0.05, 0) is 73.0 Å². The van der Waals surface area contributed by atoms with Gasteiger partial charge in [0.2, 0.25) is 0 Å². The fourth-order valence-electron chi connectivity index (χ4n) is 6.73. The van der Waals surface area contributed by atoms with Crippen LogP contribution in [0.15, 0.2) is 78.9 Å². The minimum absolute atomic E-state index is 0.118. The van der Waals surface area contributed by atoms with Gasteiger partial charge in [-0.15, -0.1) is 0 Å². The Morgan fingerprint density at radius 3 is 2.37 bits per heavy atom. The van der Waals surface area contributed by atoms with E-state index in [9.17, 15) is 13.6 Å². The molecule has 3 heterocycles. The number of rotatable bonds is 4. The molecule has 0 bridgehead atoms. The summed E-state index contributed by atoms with van der Waals surface area (Å²) in [5.41, 5.74) is 1.50. The Hall–Kier alpha value is -5.51. The van der Waals surface area contributed by atoms with E-state index in [1.54, 1.807) is 43.5 Å². The standard InChI is InChI=1S/C36H24F4N2O4/c1-18-15-22(44-2)9-12-25(18)41-20-7-10-23-27(16-20)45-28-17-21(42-14-13-19-5-3-4-6-26(19)42)8-11-24(28)36(23)30-29(35(43)46-36)31(37)33(39)34(40)32(30)38/h3-12,15-17,41H,13-14H2,1-2H3. The summed E-state index contributed by atoms with van der Waals surface area (Å²) in [6.07, 6.45) is 0.820. The van der Waals surface area contributed by atoms with Crippen molar-refractivity contribution in [3.63, 3.8) is 0 Å². The van der Waals surface area contributed by atoms with Crippen LogP contribution in [0.4, 0.5) is 40.3 Å². The van der Waals surface area contributed by atoms with Crippen molar-refractivity contribution >= 4 is 28.7 Å². The van der Waals surface area contributed by atoms with Crippen LogP contribution in [0, 0.1) is 30.2 Å². The lowest BCUT2D eigenvalue weighted by Gasteiger charge is -2.37. The summed E-state index contributed by atoms with van der Waals surface area (Å²) < 4.78 is 77.8. The number of aryl methyl sites for hydroxylation is 1. The number of anilines is 4. The molecule has 0 saturated carbocycles. The molecule has 0 radical (unpaired) electrons. The zero-order chi connectivity index (χ0) is 31.9. The van der Waals surface area contributed by atoms with Crippen LogP contribution in [0.25, 0.3) is 0 Å². The Bertz CT molecular complexity index is 2130. The number of ether oxygens (including phenoxy) is 3. The number of hydrogen-bond donors (Lipinski definition) is 1. The predicted octanol–water partition coefficient (Wildman–Crippen LogP) is 8.57. The molecule has 5 aromatic rings. The Labute approximate surface area is 260 Å². The molecule has 1 unspecified atom stereocenters. The molecule has 0 aromatic heterocycles. The molecular weight excluding hydrogens is 600 g/mol. The van der Waals surface area contributed by atoms with Crippen molar-refractivity contribution in [1.29, 1.82) is 0 Å². The first-order valence-electron chi connectivity index (χ1n) is 14.5. The third-order valence-electron chi connectivity index (χ3n) is 8.91. The van der Waals surface area contributed by atoms with Gasteiger partial charge in [-0.25, -0.2) is 22.4 Å². The van der Waals surface area contributed by atoms with Gasteiger partial charge in [0, 0.05) is 52.6 Å². The first kappa shape index (κ1) is 28.0. The molecule has 0 amide bonds. The highest BCUT2D eigenvalue weighted by Crippen LogP contribution is 2.58. The van der Waals surface area contributed by atoms with Crippen molar-refractivity contribution < 1.29 is 36.6 Å². The minimum atomic E-state index is -2.16. The van der Waals surface area contributed by atoms with Crippen LogP contribution in [-0.4, -0.2) is 19.6 Å². The molecule has 3 aliphatic rings. The smallest absolute Gasteiger partial charge is 0.343 e. The molecule has 46 heavy (non-hydrogen) atoms. The average molecular weight is 625 g/mol. The van der Waals surface area contributed by atoms with E-state index < -0.39 is 46.0 Å². The Kier molecular flexibility index (Phi) is 6.09. The van der Waals surface area contributed by atoms with E-state index in [-0.39, 0.29) is 22.6 Å². The van der Waals surface area contributed by atoms with E-state index in [1.807, 2.05) is 37.3 Å². The molecule has 1 spiro atoms. The fourth-order valence-corrected chi connectivity index (χ4v) is 6.73. The third-order valence-corrected chi connectivity index (χ3v) is 8.91. The zero-order valence-electron chi connectivity index (χ0n) is 24.5. The number of benzene rings is 5. The number of methoxy groups -OCH3 is 1. The van der Waals surface area contributed by atoms with Gasteiger partial charge >= 0.3 is 5.97 Å². The maximum absolute atomic E-state index is 15.8. The number of nitrogens with one attached hydrogen (secondary N) is 1. The molecule has 0 saturated heterocycles. The minimum Gasteiger partial charge on any atom is -0.497 e. The highest BCUT2D eigenvalue weighted by atomic mass is 19.2. The number of nitrogens with zero attached hydrogens (tertiary/aromatic N) is 1. The summed E-state index contributed by atoms with van der Waals surface area (Å²) in [6.45, 7) is 2.60. The highest BCUT2D eigenvalue weighted by molar-refractivity contribution is 5.97. The van der Waals surface area contributed by atoms with Crippen molar-refractivity contribution in [3.8, 4) is 17.2 Å². The van der Waals surface area contributed by atoms with Crippen LogP contribution in [0.1, 0.15) is 38.2 Å². The van der Waals surface area contributed by atoms with E-state index in [0.717, 1.165) is 29.0 Å². The van der Waals surface area contributed by atoms with Crippen molar-refractivity contribution in [2.24, 2.45) is 0 Å². The molecule has 8 rings (SSSR count). The number of halogens is 4. The van der Waals surface area contributed by atoms with Crippen LogP contribution in [-0.2, 0) is 16.8 Å². The van der Waals surface area contributed by atoms with Crippen LogP contribution >= 0.6 is 0 Å². The van der Waals surface area contributed by atoms with E-state index >= 15 is 8.78 Å². The van der Waals surface area contributed by atoms with Gasteiger partial charge in [-0.2, -0.15) is 0 Å². The SMILES string of the molecule is COc1ccc(Nc2ccc3c(c2)Oc2cc(N4CCc5ccccc54)ccc2C32OC(=O)c3c(F)c(F)c(F)c(F)c32)c(C)c1. The van der Waals surface area contributed by atoms with E-state index in [0.29, 0.717) is 18.0 Å². The fraction of sp³-hybridized carbons (Fsp3) is 0.139. The second-order valence-electron chi connectivity index (χ2n) is 11.4. The summed E-state index contributed by atoms with van der Waals surface area (Å²) in [4.78, 5) is 15.3. The van der Waals surface area contributed by atoms with Gasteiger partial charge < -0.3 is 24.4 Å². The van der Waals surface area contributed by atoms with E-state index in [4.69, 9.17) is 14.2 Å². The van der Waals surface area contributed by atoms with Crippen LogP contribution in [0.2, 0.25) is 0 Å². The normalized spacial score (nSPS) is 17.2. The number of carbonyl (C=O) groups excluding carboxylic acids is 1. The van der Waals surface area contributed by atoms with Crippen molar-refractivity contribution in [2.45, 2.75) is 18.9 Å². The number of hydrogen-bond acceptors (Lipinski definition) is 6. The molecule has 3 aliphatic heterocycles. The largest absolute Gasteiger partial charge is 0.497 e. The summed E-state index contributed by atoms with van der Waals surface area (Å²) >= 11 is 0. The molecule has 0 aliphatic carbocycles. The van der Waals surface area contributed by atoms with Gasteiger partial charge in [-0.1, -0.05) is 18.2 Å². The van der Waals surface area contributed by atoms with Gasteiger partial charge in [0.1, 0.15) is 22.8 Å². The van der Waals surface area contributed by atoms with Gasteiger partial charge in [0.25, 0.3) is 0 Å². The quantitative estimate of drug-likeness (QED) is 0.0936. The molecular formula is C36H24F4N2O4. The molecule has 10 heteroatoms. The predicted molar refractivity (Wildman–Crippen MR) is 163 cm³/mol. The summed E-state index contributed by atoms with van der Waals surface area (Å²) in [5, 5.41) is 3.31. The van der Waals surface area contributed by atoms with Crippen molar-refractivity contribution in [1.82, 2.24) is 0 Å². The molecule has 5 aromatic carbocycles. The Balaban J connectivity index is 1.32. The number of para-hydroxylation sites is 1. The molecule has 230 valence electrons. The third kappa shape index (κ3) is 3.85. The zero-order valence-corrected chi connectivity index (χ0v) is 24.5. The Morgan fingerprint density at radius 1 is 0.848 bits per heavy atom. The Morgan fingerprint density at radius 2 is 1.59 bits per heavy atom. The average Bonchev–Trinajstić information content (AvgIpc) is 3.63. The van der Waals surface area contributed by atoms with E-state index in [2.05, 4.69) is 16.3 Å². The molecule has 1 atom stereocenters. The number of fused-ring (bicyclic) bond motifs is 7. The second-order valence-corrected chi connectivity index (χ2v) is 11.4. The van der Waals surface area contributed by atoms with Gasteiger partial charge in [-0.3, -0.25) is 0 Å². The maximum atomic E-state index is 15.8. The molecule has 1 N–H and O–H groups in total. The van der Waals surface area contributed by atoms with Crippen LogP contribution in [0.5, 0.6) is 17.2 Å². The highest BCUT2D eigenvalue weighted by Gasteiger charge is 2.58. The maximum Gasteiger partial charge on any atom is 0.343 e. The van der Waals surface area contributed by atoms with Gasteiger partial charge in [0.05, 0.1) is 12.7 Å². The first-order chi connectivity index (χ1) is 22.2. The summed E-state index contributed by atoms with van der Waals surface area (Å²) in [6, 6.07) is 23.3. The first-order valence-corrected chi connectivity index (χ1v) is 14.5. The summed E-state index contributed by atoms with van der Waals surface area (Å²) in [7, 11) is 1.58. The number of esters is 1. The van der Waals surface area contributed by atoms with Gasteiger partial charge in [0.15, 0.2) is 28.9 Å². The topological polar surface area (TPSA) is 60.0 Å². The molecule has 0 fully saturated rings. The number of carbonyl (C=O) groups is 1. The van der Waals surface area contributed by atoms with Crippen molar-refractivity contribution in [2.75, 3.05) is 23.9 Å².